The van der Waals surface area contributed by atoms with Gasteiger partial charge in [-0.1, -0.05) is 78.5 Å². The van der Waals surface area contributed by atoms with Crippen molar-refractivity contribution >= 4 is 21.8 Å². The van der Waals surface area contributed by atoms with Gasteiger partial charge in [-0.05, 0) is 42.7 Å². The Morgan fingerprint density at radius 3 is 2.12 bits per heavy atom. The molecule has 0 aliphatic heterocycles. The second kappa shape index (κ2) is 9.51. The number of para-hydroxylation sites is 1. The fraction of sp³-hybridized carbons (Fsp3) is 0.200. The number of nitrogens with one attached hydrogen (secondary N) is 1. The molecule has 0 unspecified atom stereocenters. The van der Waals surface area contributed by atoms with Crippen LogP contribution >= 0.6 is 11.8 Å². The number of sulfonamides is 1. The van der Waals surface area contributed by atoms with E-state index in [1.165, 1.54) is 11.8 Å². The first-order valence-electron chi connectivity index (χ1n) is 10.9. The number of thioether (sulfide) groups is 1. The summed E-state index contributed by atoms with van der Waals surface area (Å²) < 4.78 is 30.6. The topological polar surface area (TPSA) is 76.9 Å². The molecule has 0 saturated heterocycles. The smallest absolute Gasteiger partial charge is 0.240 e. The molecule has 0 bridgehead atoms. The normalized spacial score (nSPS) is 14.8. The van der Waals surface area contributed by atoms with E-state index >= 15 is 0 Å². The summed E-state index contributed by atoms with van der Waals surface area (Å²) in [5.41, 5.74) is 2.04. The van der Waals surface area contributed by atoms with Crippen molar-refractivity contribution in [2.75, 3.05) is 6.54 Å². The van der Waals surface area contributed by atoms with E-state index in [0.29, 0.717) is 5.92 Å². The van der Waals surface area contributed by atoms with Crippen LogP contribution in [-0.2, 0) is 10.0 Å². The Labute approximate surface area is 198 Å². The van der Waals surface area contributed by atoms with Crippen LogP contribution in [0.15, 0.2) is 101 Å². The van der Waals surface area contributed by atoms with Gasteiger partial charge in [0.05, 0.1) is 10.1 Å². The van der Waals surface area contributed by atoms with Crippen molar-refractivity contribution in [3.8, 4) is 5.69 Å². The molecule has 6 nitrogen and oxygen atoms in total. The average Bonchev–Trinajstić information content (AvgIpc) is 3.63. The first-order chi connectivity index (χ1) is 16.1. The summed E-state index contributed by atoms with van der Waals surface area (Å²) in [6.07, 6.45) is 2.24. The van der Waals surface area contributed by atoms with E-state index in [9.17, 15) is 8.42 Å². The summed E-state index contributed by atoms with van der Waals surface area (Å²) in [6.45, 7) is 0.228. The molecule has 1 aliphatic rings. The maximum atomic E-state index is 12.9. The minimum atomic E-state index is -3.62. The van der Waals surface area contributed by atoms with Gasteiger partial charge >= 0.3 is 0 Å². The van der Waals surface area contributed by atoms with Crippen LogP contribution < -0.4 is 4.72 Å². The number of benzene rings is 3. The molecule has 1 aromatic heterocycles. The lowest BCUT2D eigenvalue weighted by molar-refractivity contribution is 0.581. The Balaban J connectivity index is 1.46. The predicted octanol–water partition coefficient (Wildman–Crippen LogP) is 4.96. The van der Waals surface area contributed by atoms with Crippen molar-refractivity contribution in [3.05, 3.63) is 102 Å². The van der Waals surface area contributed by atoms with Gasteiger partial charge in [0.2, 0.25) is 10.0 Å². The number of hydrogen-bond acceptors (Lipinski definition) is 5. The van der Waals surface area contributed by atoms with E-state index in [2.05, 4.69) is 31.6 Å². The fourth-order valence-electron chi connectivity index (χ4n) is 3.67. The molecular formula is C25H24N4O2S2. The van der Waals surface area contributed by atoms with Crippen molar-refractivity contribution in [2.24, 2.45) is 0 Å². The maximum absolute atomic E-state index is 12.9. The Kier molecular flexibility index (Phi) is 6.30. The molecule has 4 aromatic rings. The highest BCUT2D eigenvalue weighted by Crippen LogP contribution is 2.43. The standard InChI is InChI=1S/C25H24N4O2S2/c30-33(31,22-14-8-3-9-15-22)26-18-23(19-10-4-1-5-11-19)32-25-28-27-24(20-16-17-20)29(25)21-12-6-2-7-13-21/h1-15,20,23,26H,16-18H2/t23-/m0/s1. The van der Waals surface area contributed by atoms with Crippen LogP contribution in [0.4, 0.5) is 0 Å². The molecule has 1 aliphatic carbocycles. The summed E-state index contributed by atoms with van der Waals surface area (Å²) in [4.78, 5) is 0.255. The summed E-state index contributed by atoms with van der Waals surface area (Å²) in [6, 6.07) is 28.4. The minimum absolute atomic E-state index is 0.177. The molecule has 33 heavy (non-hydrogen) atoms. The highest BCUT2D eigenvalue weighted by Gasteiger charge is 2.32. The quantitative estimate of drug-likeness (QED) is 0.346. The third kappa shape index (κ3) is 5.03. The Morgan fingerprint density at radius 1 is 0.879 bits per heavy atom. The van der Waals surface area contributed by atoms with E-state index in [1.807, 2.05) is 48.5 Å². The van der Waals surface area contributed by atoms with Crippen LogP contribution in [-0.4, -0.2) is 29.7 Å². The maximum Gasteiger partial charge on any atom is 0.240 e. The summed E-state index contributed by atoms with van der Waals surface area (Å²) in [7, 11) is -3.62. The van der Waals surface area contributed by atoms with Gasteiger partial charge < -0.3 is 0 Å². The lowest BCUT2D eigenvalue weighted by atomic mass is 10.1. The van der Waals surface area contributed by atoms with E-state index in [4.69, 9.17) is 0 Å². The summed E-state index contributed by atoms with van der Waals surface area (Å²) in [5, 5.41) is 9.61. The largest absolute Gasteiger partial charge is 0.274 e. The molecule has 0 radical (unpaired) electrons. The monoisotopic (exact) mass is 476 g/mol. The number of hydrogen-bond donors (Lipinski definition) is 1. The van der Waals surface area contributed by atoms with Crippen molar-refractivity contribution in [3.63, 3.8) is 0 Å². The molecule has 0 spiro atoms. The third-order valence-corrected chi connectivity index (χ3v) is 8.18. The third-order valence-electron chi connectivity index (χ3n) is 5.55. The predicted molar refractivity (Wildman–Crippen MR) is 130 cm³/mol. The van der Waals surface area contributed by atoms with Gasteiger partial charge in [0.15, 0.2) is 5.16 Å². The molecule has 1 heterocycles. The lowest BCUT2D eigenvalue weighted by Crippen LogP contribution is -2.27. The van der Waals surface area contributed by atoms with E-state index in [-0.39, 0.29) is 16.7 Å². The summed E-state index contributed by atoms with van der Waals surface area (Å²) in [5.74, 6) is 1.40. The van der Waals surface area contributed by atoms with Crippen LogP contribution in [0.1, 0.15) is 35.4 Å². The molecular weight excluding hydrogens is 452 g/mol. The van der Waals surface area contributed by atoms with Gasteiger partial charge in [-0.3, -0.25) is 4.57 Å². The van der Waals surface area contributed by atoms with E-state index < -0.39 is 10.0 Å². The van der Waals surface area contributed by atoms with Gasteiger partial charge in [0, 0.05) is 18.2 Å². The Bertz CT molecular complexity index is 1310. The Morgan fingerprint density at radius 2 is 1.48 bits per heavy atom. The first-order valence-corrected chi connectivity index (χ1v) is 13.2. The summed E-state index contributed by atoms with van der Waals surface area (Å²) >= 11 is 1.53. The molecule has 1 atom stereocenters. The molecule has 168 valence electrons. The average molecular weight is 477 g/mol. The van der Waals surface area contributed by atoms with Crippen molar-refractivity contribution in [1.82, 2.24) is 19.5 Å². The first kappa shape index (κ1) is 21.9. The fourth-order valence-corrected chi connectivity index (χ4v) is 5.95. The number of nitrogens with zero attached hydrogens (tertiary/aromatic N) is 3. The van der Waals surface area contributed by atoms with Crippen LogP contribution in [0.2, 0.25) is 0 Å². The zero-order valence-electron chi connectivity index (χ0n) is 17.9. The van der Waals surface area contributed by atoms with Crippen LogP contribution in [0.5, 0.6) is 0 Å². The van der Waals surface area contributed by atoms with Gasteiger partial charge in [0.25, 0.3) is 0 Å². The molecule has 1 fully saturated rings. The van der Waals surface area contributed by atoms with Crippen LogP contribution in [0.3, 0.4) is 0 Å². The SMILES string of the molecule is O=S(=O)(NC[C@H](Sc1nnc(C2CC2)n1-c1ccccc1)c1ccccc1)c1ccccc1. The molecule has 1 saturated carbocycles. The molecule has 8 heteroatoms. The van der Waals surface area contributed by atoms with Gasteiger partial charge in [-0.25, -0.2) is 13.1 Å². The minimum Gasteiger partial charge on any atom is -0.274 e. The number of aromatic nitrogens is 3. The number of rotatable bonds is 9. The highest BCUT2D eigenvalue weighted by molar-refractivity contribution is 7.99. The van der Waals surface area contributed by atoms with Crippen molar-refractivity contribution < 1.29 is 8.42 Å². The second-order valence-electron chi connectivity index (χ2n) is 7.97. The molecule has 5 rings (SSSR count). The Hall–Kier alpha value is -2.94. The molecule has 0 amide bonds. The molecule has 1 N–H and O–H groups in total. The van der Waals surface area contributed by atoms with Crippen molar-refractivity contribution in [1.29, 1.82) is 0 Å². The highest BCUT2D eigenvalue weighted by atomic mass is 32.2. The zero-order valence-corrected chi connectivity index (χ0v) is 19.5. The van der Waals surface area contributed by atoms with Crippen LogP contribution in [0, 0.1) is 0 Å². The van der Waals surface area contributed by atoms with E-state index in [0.717, 1.165) is 35.1 Å². The van der Waals surface area contributed by atoms with Gasteiger partial charge in [0.1, 0.15) is 5.82 Å². The zero-order chi connectivity index (χ0) is 22.7. The second-order valence-corrected chi connectivity index (χ2v) is 10.9. The van der Waals surface area contributed by atoms with Crippen LogP contribution in [0.25, 0.3) is 5.69 Å². The van der Waals surface area contributed by atoms with Gasteiger partial charge in [-0.2, -0.15) is 0 Å². The van der Waals surface area contributed by atoms with Crippen molar-refractivity contribution in [2.45, 2.75) is 34.1 Å². The molecule has 3 aromatic carbocycles. The van der Waals surface area contributed by atoms with E-state index in [1.54, 1.807) is 30.3 Å². The lowest BCUT2D eigenvalue weighted by Gasteiger charge is -2.18. The van der Waals surface area contributed by atoms with Gasteiger partial charge in [-0.15, -0.1) is 10.2 Å².